The Morgan fingerprint density at radius 3 is 2.27 bits per heavy atom. The van der Waals surface area contributed by atoms with Crippen molar-refractivity contribution in [2.45, 2.75) is 6.54 Å². The minimum absolute atomic E-state index is 0.262. The van der Waals surface area contributed by atoms with Gasteiger partial charge in [0.15, 0.2) is 0 Å². The first-order valence-electron chi connectivity index (χ1n) is 6.42. The Bertz CT molecular complexity index is 699. The second kappa shape index (κ2) is 7.29. The number of rotatable bonds is 4. The van der Waals surface area contributed by atoms with Crippen LogP contribution in [0.5, 0.6) is 0 Å². The van der Waals surface area contributed by atoms with Crippen LogP contribution in [0.4, 0.5) is 0 Å². The van der Waals surface area contributed by atoms with Crippen molar-refractivity contribution in [1.29, 1.82) is 0 Å². The van der Waals surface area contributed by atoms with Crippen LogP contribution in [-0.2, 0) is 11.3 Å². The number of nitrogens with one attached hydrogen (secondary N) is 1. The van der Waals surface area contributed by atoms with Crippen molar-refractivity contribution in [3.8, 4) is 0 Å². The molecule has 0 saturated carbocycles. The summed E-state index contributed by atoms with van der Waals surface area (Å²) in [5, 5.41) is 3.79. The molecule has 0 spiro atoms. The number of carbonyl (C=O) groups is 2. The molecule has 2 rings (SSSR count). The molecule has 0 aromatic heterocycles. The number of hydrogen-bond acceptors (Lipinski definition) is 3. The summed E-state index contributed by atoms with van der Waals surface area (Å²) in [6, 6.07) is 11.3. The zero-order valence-corrected chi connectivity index (χ0v) is 13.2. The monoisotopic (exact) mass is 337 g/mol. The van der Waals surface area contributed by atoms with Gasteiger partial charge >= 0.3 is 5.97 Å². The molecule has 0 heterocycles. The molecule has 6 heteroatoms. The second-order valence-corrected chi connectivity index (χ2v) is 5.33. The maximum Gasteiger partial charge on any atom is 0.337 e. The first kappa shape index (κ1) is 16.3. The number of esters is 1. The Labute approximate surface area is 138 Å². The normalized spacial score (nSPS) is 10.1. The van der Waals surface area contributed by atoms with Crippen molar-refractivity contribution >= 4 is 35.1 Å². The van der Waals surface area contributed by atoms with Crippen LogP contribution in [0.25, 0.3) is 0 Å². The molecule has 0 unspecified atom stereocenters. The molecule has 0 bridgehead atoms. The molecule has 0 atom stereocenters. The van der Waals surface area contributed by atoms with Gasteiger partial charge in [-0.3, -0.25) is 4.79 Å². The molecular weight excluding hydrogens is 325 g/mol. The number of benzene rings is 2. The maximum atomic E-state index is 12.1. The van der Waals surface area contributed by atoms with E-state index in [1.165, 1.54) is 19.2 Å². The van der Waals surface area contributed by atoms with Crippen molar-refractivity contribution < 1.29 is 14.3 Å². The number of carbonyl (C=O) groups excluding carboxylic acids is 2. The topological polar surface area (TPSA) is 55.4 Å². The highest BCUT2D eigenvalue weighted by Gasteiger charge is 2.09. The standard InChI is InChI=1S/C16H13Cl2NO3/c1-22-16(21)11-4-2-10(3-5-11)15(20)19-9-12-6-7-13(17)8-14(12)18/h2-8H,9H2,1H3,(H,19,20). The van der Waals surface area contributed by atoms with Gasteiger partial charge in [0.2, 0.25) is 0 Å². The first-order chi connectivity index (χ1) is 10.5. The zero-order chi connectivity index (χ0) is 16.1. The van der Waals surface area contributed by atoms with E-state index in [4.69, 9.17) is 23.2 Å². The molecular formula is C16H13Cl2NO3. The van der Waals surface area contributed by atoms with Gasteiger partial charge in [-0.1, -0.05) is 29.3 Å². The third-order valence-corrected chi connectivity index (χ3v) is 3.61. The lowest BCUT2D eigenvalue weighted by Crippen LogP contribution is -2.23. The Morgan fingerprint density at radius 1 is 1.05 bits per heavy atom. The number of hydrogen-bond donors (Lipinski definition) is 1. The van der Waals surface area contributed by atoms with Gasteiger partial charge in [-0.25, -0.2) is 4.79 Å². The quantitative estimate of drug-likeness (QED) is 0.865. The van der Waals surface area contributed by atoms with Gasteiger partial charge in [0, 0.05) is 22.2 Å². The smallest absolute Gasteiger partial charge is 0.337 e. The fraction of sp³-hybridized carbons (Fsp3) is 0.125. The molecule has 114 valence electrons. The third kappa shape index (κ3) is 4.00. The zero-order valence-electron chi connectivity index (χ0n) is 11.7. The summed E-state index contributed by atoms with van der Waals surface area (Å²) in [4.78, 5) is 23.4. The summed E-state index contributed by atoms with van der Waals surface area (Å²) < 4.78 is 4.60. The van der Waals surface area contributed by atoms with Crippen molar-refractivity contribution in [3.63, 3.8) is 0 Å². The molecule has 0 radical (unpaired) electrons. The average Bonchev–Trinajstić information content (AvgIpc) is 2.53. The predicted octanol–water partition coefficient (Wildman–Crippen LogP) is 3.71. The second-order valence-electron chi connectivity index (χ2n) is 4.49. The van der Waals surface area contributed by atoms with Crippen molar-refractivity contribution in [2.24, 2.45) is 0 Å². The lowest BCUT2D eigenvalue weighted by atomic mass is 10.1. The molecule has 0 saturated heterocycles. The Kier molecular flexibility index (Phi) is 5.41. The highest BCUT2D eigenvalue weighted by molar-refractivity contribution is 6.35. The Balaban J connectivity index is 2.01. The molecule has 0 aliphatic carbocycles. The van der Waals surface area contributed by atoms with Crippen LogP contribution < -0.4 is 5.32 Å². The lowest BCUT2D eigenvalue weighted by molar-refractivity contribution is 0.0600. The molecule has 1 amide bonds. The summed E-state index contributed by atoms with van der Waals surface area (Å²) in [5.74, 6) is -0.706. The molecule has 1 N–H and O–H groups in total. The molecule has 0 aliphatic heterocycles. The van der Waals surface area contributed by atoms with Gasteiger partial charge < -0.3 is 10.1 Å². The van der Waals surface area contributed by atoms with Crippen molar-refractivity contribution in [3.05, 3.63) is 69.2 Å². The van der Waals surface area contributed by atoms with E-state index >= 15 is 0 Å². The van der Waals surface area contributed by atoms with Crippen LogP contribution >= 0.6 is 23.2 Å². The van der Waals surface area contributed by atoms with Gasteiger partial charge in [0.1, 0.15) is 0 Å². The number of amides is 1. The van der Waals surface area contributed by atoms with Gasteiger partial charge in [0.25, 0.3) is 5.91 Å². The lowest BCUT2D eigenvalue weighted by Gasteiger charge is -2.08. The fourth-order valence-electron chi connectivity index (χ4n) is 1.82. The maximum absolute atomic E-state index is 12.1. The van der Waals surface area contributed by atoms with E-state index < -0.39 is 5.97 Å². The SMILES string of the molecule is COC(=O)c1ccc(C(=O)NCc2ccc(Cl)cc2Cl)cc1. The fourth-order valence-corrected chi connectivity index (χ4v) is 2.29. The summed E-state index contributed by atoms with van der Waals surface area (Å²) in [6.45, 7) is 0.285. The van der Waals surface area contributed by atoms with E-state index in [2.05, 4.69) is 10.1 Å². The Morgan fingerprint density at radius 2 is 1.68 bits per heavy atom. The highest BCUT2D eigenvalue weighted by Crippen LogP contribution is 2.20. The molecule has 2 aromatic rings. The molecule has 0 aliphatic rings. The van der Waals surface area contributed by atoms with Gasteiger partial charge in [-0.05, 0) is 42.0 Å². The Hall–Kier alpha value is -2.04. The van der Waals surface area contributed by atoms with E-state index in [1.807, 2.05) is 0 Å². The first-order valence-corrected chi connectivity index (χ1v) is 7.17. The third-order valence-electron chi connectivity index (χ3n) is 3.02. The number of ether oxygens (including phenoxy) is 1. The summed E-state index contributed by atoms with van der Waals surface area (Å²) in [7, 11) is 1.30. The van der Waals surface area contributed by atoms with Crippen LogP contribution in [0.3, 0.4) is 0 Å². The molecule has 0 fully saturated rings. The largest absolute Gasteiger partial charge is 0.465 e. The summed E-state index contributed by atoms with van der Waals surface area (Å²) in [6.07, 6.45) is 0. The summed E-state index contributed by atoms with van der Waals surface area (Å²) in [5.41, 5.74) is 1.60. The van der Waals surface area contributed by atoms with Crippen LogP contribution in [0.2, 0.25) is 10.0 Å². The van der Waals surface area contributed by atoms with E-state index in [0.29, 0.717) is 21.2 Å². The van der Waals surface area contributed by atoms with Crippen LogP contribution in [0.15, 0.2) is 42.5 Å². The van der Waals surface area contributed by atoms with E-state index in [9.17, 15) is 9.59 Å². The minimum Gasteiger partial charge on any atom is -0.465 e. The van der Waals surface area contributed by atoms with Crippen LogP contribution in [-0.4, -0.2) is 19.0 Å². The molecule has 22 heavy (non-hydrogen) atoms. The number of methoxy groups -OCH3 is 1. The summed E-state index contributed by atoms with van der Waals surface area (Å²) >= 11 is 11.9. The van der Waals surface area contributed by atoms with Crippen molar-refractivity contribution in [1.82, 2.24) is 5.32 Å². The average molecular weight is 338 g/mol. The molecule has 2 aromatic carbocycles. The van der Waals surface area contributed by atoms with E-state index in [-0.39, 0.29) is 12.5 Å². The van der Waals surface area contributed by atoms with Gasteiger partial charge in [0.05, 0.1) is 12.7 Å². The minimum atomic E-state index is -0.445. The number of halogens is 2. The van der Waals surface area contributed by atoms with E-state index in [1.54, 1.807) is 30.3 Å². The molecule has 4 nitrogen and oxygen atoms in total. The predicted molar refractivity (Wildman–Crippen MR) is 85.4 cm³/mol. The van der Waals surface area contributed by atoms with Crippen LogP contribution in [0, 0.1) is 0 Å². The highest BCUT2D eigenvalue weighted by atomic mass is 35.5. The van der Waals surface area contributed by atoms with Gasteiger partial charge in [-0.15, -0.1) is 0 Å². The van der Waals surface area contributed by atoms with Gasteiger partial charge in [-0.2, -0.15) is 0 Å². The van der Waals surface area contributed by atoms with Crippen molar-refractivity contribution in [2.75, 3.05) is 7.11 Å². The van der Waals surface area contributed by atoms with Crippen LogP contribution in [0.1, 0.15) is 26.3 Å². The van der Waals surface area contributed by atoms with E-state index in [0.717, 1.165) is 5.56 Å².